The van der Waals surface area contributed by atoms with Crippen LogP contribution in [0.15, 0.2) is 65.5 Å². The summed E-state index contributed by atoms with van der Waals surface area (Å²) in [6.45, 7) is 5.51. The Bertz CT molecular complexity index is 1370. The van der Waals surface area contributed by atoms with Crippen molar-refractivity contribution in [3.8, 4) is 28.1 Å². The minimum atomic E-state index is -0.409. The molecule has 4 rings (SSSR count). The van der Waals surface area contributed by atoms with Crippen molar-refractivity contribution in [2.24, 2.45) is 0 Å². The van der Waals surface area contributed by atoms with Gasteiger partial charge in [0.15, 0.2) is 0 Å². The van der Waals surface area contributed by atoms with Gasteiger partial charge in [-0.15, -0.1) is 9.89 Å². The number of rotatable bonds is 5. The first-order valence-electron chi connectivity index (χ1n) is 10.7. The number of phenols is 1. The number of benzene rings is 3. The Morgan fingerprint density at radius 2 is 1.75 bits per heavy atom. The zero-order valence-corrected chi connectivity index (χ0v) is 18.3. The largest absolute Gasteiger partial charge is 0.508 e. The fraction of sp³-hybridized carbons (Fsp3) is 0.192. The highest BCUT2D eigenvalue weighted by molar-refractivity contribution is 6.06. The van der Waals surface area contributed by atoms with Gasteiger partial charge in [0, 0.05) is 17.9 Å². The topological polar surface area (TPSA) is 84.2 Å². The zero-order chi connectivity index (χ0) is 22.8. The Labute approximate surface area is 186 Å². The van der Waals surface area contributed by atoms with Gasteiger partial charge in [0.1, 0.15) is 11.4 Å². The lowest BCUT2D eigenvalue weighted by molar-refractivity contribution is -0.115. The Kier molecular flexibility index (Phi) is 5.77. The highest BCUT2D eigenvalue weighted by Gasteiger charge is 2.20. The fourth-order valence-corrected chi connectivity index (χ4v) is 3.99. The number of hydrogen-bond donors (Lipinski definition) is 2. The van der Waals surface area contributed by atoms with E-state index in [4.69, 9.17) is 0 Å². The van der Waals surface area contributed by atoms with Gasteiger partial charge in [-0.3, -0.25) is 9.59 Å². The Morgan fingerprint density at radius 1 is 1.00 bits per heavy atom. The van der Waals surface area contributed by atoms with Crippen LogP contribution in [0.2, 0.25) is 0 Å². The summed E-state index contributed by atoms with van der Waals surface area (Å²) in [5, 5.41) is 15.7. The van der Waals surface area contributed by atoms with Crippen molar-refractivity contribution < 1.29 is 9.90 Å². The van der Waals surface area contributed by atoms with Gasteiger partial charge in [0.05, 0.1) is 5.39 Å². The Hall–Kier alpha value is -3.93. The molecule has 0 atom stereocenters. The van der Waals surface area contributed by atoms with E-state index < -0.39 is 11.5 Å². The lowest BCUT2D eigenvalue weighted by atomic mass is 9.90. The SMILES string of the molecule is CCc1ccc(-c2c(CC)ccc3c(=O)n(NC(C)=O)nc(-c4cccc(O)c4)c23)cc1. The van der Waals surface area contributed by atoms with Gasteiger partial charge in [-0.2, -0.15) is 0 Å². The van der Waals surface area contributed by atoms with E-state index in [-0.39, 0.29) is 5.75 Å². The maximum absolute atomic E-state index is 13.2. The normalized spacial score (nSPS) is 11.0. The summed E-state index contributed by atoms with van der Waals surface area (Å²) in [5.41, 5.74) is 7.47. The Balaban J connectivity index is 2.15. The van der Waals surface area contributed by atoms with Gasteiger partial charge in [0.25, 0.3) is 5.56 Å². The number of aryl methyl sites for hydroxylation is 2. The van der Waals surface area contributed by atoms with E-state index in [1.807, 2.05) is 12.1 Å². The van der Waals surface area contributed by atoms with Crippen LogP contribution in [-0.2, 0) is 17.6 Å². The molecule has 2 N–H and O–H groups in total. The third kappa shape index (κ3) is 3.87. The molecule has 0 bridgehead atoms. The van der Waals surface area contributed by atoms with Gasteiger partial charge in [-0.1, -0.05) is 56.3 Å². The predicted octanol–water partition coefficient (Wildman–Crippen LogP) is 4.65. The van der Waals surface area contributed by atoms with Crippen LogP contribution in [0, 0.1) is 0 Å². The van der Waals surface area contributed by atoms with Crippen molar-refractivity contribution >= 4 is 16.7 Å². The molecule has 32 heavy (non-hydrogen) atoms. The van der Waals surface area contributed by atoms with Crippen LogP contribution < -0.4 is 11.0 Å². The van der Waals surface area contributed by atoms with Gasteiger partial charge in [-0.25, -0.2) is 5.43 Å². The van der Waals surface area contributed by atoms with Crippen molar-refractivity contribution in [1.29, 1.82) is 0 Å². The number of hydrogen-bond acceptors (Lipinski definition) is 4. The first-order valence-corrected chi connectivity index (χ1v) is 10.7. The van der Waals surface area contributed by atoms with E-state index in [0.29, 0.717) is 22.0 Å². The van der Waals surface area contributed by atoms with Crippen LogP contribution in [0.3, 0.4) is 0 Å². The minimum Gasteiger partial charge on any atom is -0.508 e. The molecule has 1 aromatic heterocycles. The quantitative estimate of drug-likeness (QED) is 0.486. The van der Waals surface area contributed by atoms with E-state index in [2.05, 4.69) is 48.6 Å². The molecule has 0 aliphatic carbocycles. The lowest BCUT2D eigenvalue weighted by Crippen LogP contribution is -2.34. The van der Waals surface area contributed by atoms with Crippen molar-refractivity contribution in [1.82, 2.24) is 9.89 Å². The van der Waals surface area contributed by atoms with Crippen LogP contribution in [0.25, 0.3) is 33.2 Å². The summed E-state index contributed by atoms with van der Waals surface area (Å²) in [7, 11) is 0. The fourth-order valence-electron chi connectivity index (χ4n) is 3.99. The predicted molar refractivity (Wildman–Crippen MR) is 127 cm³/mol. The average Bonchev–Trinajstić information content (AvgIpc) is 2.80. The molecule has 162 valence electrons. The maximum atomic E-state index is 13.2. The van der Waals surface area contributed by atoms with Gasteiger partial charge in [-0.05, 0) is 53.3 Å². The number of fused-ring (bicyclic) bond motifs is 1. The van der Waals surface area contributed by atoms with Crippen LogP contribution in [0.1, 0.15) is 31.9 Å². The van der Waals surface area contributed by atoms with E-state index >= 15 is 0 Å². The van der Waals surface area contributed by atoms with Gasteiger partial charge >= 0.3 is 0 Å². The third-order valence-corrected chi connectivity index (χ3v) is 5.57. The second-order valence-electron chi connectivity index (χ2n) is 7.71. The molecule has 6 nitrogen and oxygen atoms in total. The average molecular weight is 428 g/mol. The van der Waals surface area contributed by atoms with Crippen molar-refractivity contribution in [2.45, 2.75) is 33.6 Å². The summed E-state index contributed by atoms with van der Waals surface area (Å²) in [6, 6.07) is 18.8. The van der Waals surface area contributed by atoms with Gasteiger partial charge in [0.2, 0.25) is 5.91 Å². The number of carbonyl (C=O) groups is 1. The van der Waals surface area contributed by atoms with E-state index in [0.717, 1.165) is 34.3 Å². The summed E-state index contributed by atoms with van der Waals surface area (Å²) in [6.07, 6.45) is 1.71. The molecular weight excluding hydrogens is 402 g/mol. The molecule has 0 saturated carbocycles. The second-order valence-corrected chi connectivity index (χ2v) is 7.71. The second kappa shape index (κ2) is 8.67. The van der Waals surface area contributed by atoms with E-state index in [9.17, 15) is 14.7 Å². The van der Waals surface area contributed by atoms with Crippen molar-refractivity contribution in [3.63, 3.8) is 0 Å². The monoisotopic (exact) mass is 427 g/mol. The molecule has 0 aliphatic heterocycles. The van der Waals surface area contributed by atoms with Gasteiger partial charge < -0.3 is 5.11 Å². The van der Waals surface area contributed by atoms with Crippen LogP contribution in [0.5, 0.6) is 5.75 Å². The van der Waals surface area contributed by atoms with E-state index in [1.54, 1.807) is 24.3 Å². The minimum absolute atomic E-state index is 0.0928. The number of aromatic hydroxyl groups is 1. The molecule has 0 aliphatic rings. The molecule has 1 amide bonds. The summed E-state index contributed by atoms with van der Waals surface area (Å²) in [4.78, 5) is 25.9. The molecule has 3 aromatic carbocycles. The lowest BCUT2D eigenvalue weighted by Gasteiger charge is -2.17. The highest BCUT2D eigenvalue weighted by Crippen LogP contribution is 2.37. The summed E-state index contributed by atoms with van der Waals surface area (Å²) in [5.74, 6) is -0.309. The smallest absolute Gasteiger partial charge is 0.294 e. The standard InChI is InChI=1S/C26H25N3O3/c1-4-17-9-11-19(12-10-17)23-18(5-2)13-14-22-24(23)25(20-7-6-8-21(31)15-20)28-29(26(22)32)27-16(3)30/h6-15,31H,4-5H2,1-3H3,(H,27,30). The first-order chi connectivity index (χ1) is 15.4. The summed E-state index contributed by atoms with van der Waals surface area (Å²) >= 11 is 0. The zero-order valence-electron chi connectivity index (χ0n) is 18.3. The molecular formula is C26H25N3O3. The van der Waals surface area contributed by atoms with Crippen LogP contribution in [0.4, 0.5) is 0 Å². The number of nitrogens with zero attached hydrogens (tertiary/aromatic N) is 2. The number of nitrogens with one attached hydrogen (secondary N) is 1. The molecule has 1 heterocycles. The molecule has 4 aromatic rings. The number of aromatic nitrogens is 2. The molecule has 0 unspecified atom stereocenters. The number of carbonyl (C=O) groups excluding carboxylic acids is 1. The van der Waals surface area contributed by atoms with E-state index in [1.165, 1.54) is 12.5 Å². The molecule has 6 heteroatoms. The Morgan fingerprint density at radius 3 is 2.38 bits per heavy atom. The molecule has 0 spiro atoms. The third-order valence-electron chi connectivity index (χ3n) is 5.57. The number of amides is 1. The molecule has 0 fully saturated rings. The van der Waals surface area contributed by atoms with Crippen molar-refractivity contribution in [2.75, 3.05) is 5.43 Å². The van der Waals surface area contributed by atoms with Crippen molar-refractivity contribution in [3.05, 3.63) is 82.1 Å². The number of phenolic OH excluding ortho intramolecular Hbond substituents is 1. The molecule has 0 saturated heterocycles. The van der Waals surface area contributed by atoms with Crippen LogP contribution in [-0.4, -0.2) is 20.9 Å². The van der Waals surface area contributed by atoms with Crippen LogP contribution >= 0.6 is 0 Å². The maximum Gasteiger partial charge on any atom is 0.294 e. The molecule has 0 radical (unpaired) electrons. The summed E-state index contributed by atoms with van der Waals surface area (Å²) < 4.78 is 0. The highest BCUT2D eigenvalue weighted by atomic mass is 16.3. The first kappa shape index (κ1) is 21.3.